The SMILES string of the molecule is COc1cc([C@H](c2nnnn2C(C)(C)C)N2CCN(C3CCCC3)CC2)cc(OC)c1OC. The molecule has 0 spiro atoms. The minimum atomic E-state index is -0.247. The number of methoxy groups -OCH3 is 3. The van der Waals surface area contributed by atoms with Crippen LogP contribution in [0.25, 0.3) is 0 Å². The van der Waals surface area contributed by atoms with E-state index in [0.717, 1.165) is 43.6 Å². The van der Waals surface area contributed by atoms with E-state index in [4.69, 9.17) is 14.2 Å². The third-order valence-corrected chi connectivity index (χ3v) is 6.93. The van der Waals surface area contributed by atoms with Crippen LogP contribution in [0.1, 0.15) is 63.9 Å². The minimum Gasteiger partial charge on any atom is -0.493 e. The highest BCUT2D eigenvalue weighted by molar-refractivity contribution is 5.55. The number of aromatic nitrogens is 4. The fourth-order valence-corrected chi connectivity index (χ4v) is 5.25. The Hall–Kier alpha value is -2.39. The molecule has 0 unspecified atom stereocenters. The molecular weight excluding hydrogens is 420 g/mol. The Balaban J connectivity index is 1.73. The fraction of sp³-hybridized carbons (Fsp3) is 0.708. The van der Waals surface area contributed by atoms with E-state index < -0.39 is 0 Å². The van der Waals surface area contributed by atoms with Gasteiger partial charge in [-0.25, -0.2) is 4.68 Å². The highest BCUT2D eigenvalue weighted by Crippen LogP contribution is 2.42. The molecule has 9 heteroatoms. The summed E-state index contributed by atoms with van der Waals surface area (Å²) in [6.45, 7) is 10.4. The van der Waals surface area contributed by atoms with Crippen LogP contribution in [-0.4, -0.2) is 83.6 Å². The molecule has 1 aliphatic heterocycles. The number of ether oxygens (including phenoxy) is 3. The minimum absolute atomic E-state index is 0.126. The fourth-order valence-electron chi connectivity index (χ4n) is 5.25. The number of hydrogen-bond donors (Lipinski definition) is 0. The maximum atomic E-state index is 5.67. The average Bonchev–Trinajstić information content (AvgIpc) is 3.51. The maximum absolute atomic E-state index is 5.67. The first-order valence-electron chi connectivity index (χ1n) is 11.9. The summed E-state index contributed by atoms with van der Waals surface area (Å²) in [5.41, 5.74) is 0.780. The van der Waals surface area contributed by atoms with Crippen LogP contribution >= 0.6 is 0 Å². The lowest BCUT2D eigenvalue weighted by molar-refractivity contribution is 0.0754. The van der Waals surface area contributed by atoms with Gasteiger partial charge in [0.05, 0.1) is 32.9 Å². The second kappa shape index (κ2) is 9.85. The summed E-state index contributed by atoms with van der Waals surface area (Å²) in [6.07, 6.45) is 5.38. The molecule has 1 saturated carbocycles. The predicted molar refractivity (Wildman–Crippen MR) is 126 cm³/mol. The zero-order valence-electron chi connectivity index (χ0n) is 20.9. The summed E-state index contributed by atoms with van der Waals surface area (Å²) in [7, 11) is 4.92. The number of piperazine rings is 1. The summed E-state index contributed by atoms with van der Waals surface area (Å²) < 4.78 is 18.8. The van der Waals surface area contributed by atoms with Crippen LogP contribution in [0.15, 0.2) is 12.1 Å². The van der Waals surface area contributed by atoms with Crippen molar-refractivity contribution < 1.29 is 14.2 Å². The Bertz CT molecular complexity index is 902. The summed E-state index contributed by atoms with van der Waals surface area (Å²) >= 11 is 0. The first kappa shape index (κ1) is 23.8. The van der Waals surface area contributed by atoms with Crippen LogP contribution in [0.4, 0.5) is 0 Å². The van der Waals surface area contributed by atoms with Gasteiger partial charge in [-0.05, 0) is 61.7 Å². The smallest absolute Gasteiger partial charge is 0.203 e. The number of benzene rings is 1. The topological polar surface area (TPSA) is 77.8 Å². The molecule has 182 valence electrons. The van der Waals surface area contributed by atoms with Crippen molar-refractivity contribution in [3.05, 3.63) is 23.5 Å². The number of tetrazole rings is 1. The summed E-state index contributed by atoms with van der Waals surface area (Å²) in [4.78, 5) is 5.16. The van der Waals surface area contributed by atoms with Gasteiger partial charge in [0.25, 0.3) is 0 Å². The highest BCUT2D eigenvalue weighted by atomic mass is 16.5. The van der Waals surface area contributed by atoms with E-state index in [2.05, 4.69) is 46.1 Å². The zero-order chi connectivity index (χ0) is 23.6. The lowest BCUT2D eigenvalue weighted by Gasteiger charge is -2.41. The van der Waals surface area contributed by atoms with Gasteiger partial charge in [0.15, 0.2) is 17.3 Å². The van der Waals surface area contributed by atoms with E-state index in [1.54, 1.807) is 21.3 Å². The number of rotatable bonds is 7. The Morgan fingerprint density at radius 1 is 0.909 bits per heavy atom. The first-order chi connectivity index (χ1) is 15.9. The van der Waals surface area contributed by atoms with Gasteiger partial charge in [0.2, 0.25) is 5.75 Å². The molecule has 2 aromatic rings. The van der Waals surface area contributed by atoms with E-state index in [1.165, 1.54) is 25.7 Å². The molecule has 2 fully saturated rings. The molecule has 2 heterocycles. The van der Waals surface area contributed by atoms with Crippen LogP contribution in [0, 0.1) is 0 Å². The molecule has 1 aromatic heterocycles. The van der Waals surface area contributed by atoms with Gasteiger partial charge >= 0.3 is 0 Å². The molecule has 0 amide bonds. The van der Waals surface area contributed by atoms with E-state index in [-0.39, 0.29) is 11.6 Å². The Morgan fingerprint density at radius 3 is 2.03 bits per heavy atom. The zero-order valence-corrected chi connectivity index (χ0v) is 20.9. The lowest BCUT2D eigenvalue weighted by Crippen LogP contribution is -2.51. The van der Waals surface area contributed by atoms with Crippen molar-refractivity contribution in [2.75, 3.05) is 47.5 Å². The van der Waals surface area contributed by atoms with Gasteiger partial charge in [0.1, 0.15) is 0 Å². The van der Waals surface area contributed by atoms with Gasteiger partial charge in [-0.3, -0.25) is 9.80 Å². The van der Waals surface area contributed by atoms with Crippen LogP contribution in [0.5, 0.6) is 17.2 Å². The summed E-state index contributed by atoms with van der Waals surface area (Å²) in [5.74, 6) is 2.68. The van der Waals surface area contributed by atoms with Crippen molar-refractivity contribution in [2.24, 2.45) is 0 Å². The summed E-state index contributed by atoms with van der Waals surface area (Å²) in [5, 5.41) is 12.9. The largest absolute Gasteiger partial charge is 0.493 e. The van der Waals surface area contributed by atoms with Crippen molar-refractivity contribution in [3.8, 4) is 17.2 Å². The van der Waals surface area contributed by atoms with E-state index in [0.29, 0.717) is 17.2 Å². The monoisotopic (exact) mass is 458 g/mol. The lowest BCUT2D eigenvalue weighted by atomic mass is 10.00. The van der Waals surface area contributed by atoms with Gasteiger partial charge in [-0.2, -0.15) is 0 Å². The third kappa shape index (κ3) is 4.80. The second-order valence-electron chi connectivity index (χ2n) is 9.99. The van der Waals surface area contributed by atoms with Gasteiger partial charge in [0, 0.05) is 32.2 Å². The molecule has 0 N–H and O–H groups in total. The van der Waals surface area contributed by atoms with Crippen molar-refractivity contribution >= 4 is 0 Å². The standard InChI is InChI=1S/C24H38N6O3/c1-24(2,3)30-23(25-26-27-30)21(17-15-19(31-4)22(33-6)20(16-17)32-5)29-13-11-28(12-14-29)18-9-7-8-10-18/h15-16,18,21H,7-14H2,1-6H3/t21-/m1/s1. The van der Waals surface area contributed by atoms with Crippen LogP contribution in [-0.2, 0) is 5.54 Å². The molecule has 1 aliphatic carbocycles. The van der Waals surface area contributed by atoms with E-state index >= 15 is 0 Å². The summed E-state index contributed by atoms with van der Waals surface area (Å²) in [6, 6.07) is 4.67. The van der Waals surface area contributed by atoms with Crippen LogP contribution < -0.4 is 14.2 Å². The van der Waals surface area contributed by atoms with Gasteiger partial charge in [-0.1, -0.05) is 12.8 Å². The molecule has 0 bridgehead atoms. The maximum Gasteiger partial charge on any atom is 0.203 e. The molecular formula is C24H38N6O3. The molecule has 0 radical (unpaired) electrons. The molecule has 2 aliphatic rings. The number of nitrogens with zero attached hydrogens (tertiary/aromatic N) is 6. The predicted octanol–water partition coefficient (Wildman–Crippen LogP) is 3.10. The van der Waals surface area contributed by atoms with Crippen LogP contribution in [0.3, 0.4) is 0 Å². The van der Waals surface area contributed by atoms with Crippen LogP contribution in [0.2, 0.25) is 0 Å². The number of hydrogen-bond acceptors (Lipinski definition) is 8. The first-order valence-corrected chi connectivity index (χ1v) is 11.9. The average molecular weight is 459 g/mol. The highest BCUT2D eigenvalue weighted by Gasteiger charge is 2.35. The van der Waals surface area contributed by atoms with E-state index in [9.17, 15) is 0 Å². The van der Waals surface area contributed by atoms with Crippen molar-refractivity contribution in [2.45, 2.75) is 64.1 Å². The van der Waals surface area contributed by atoms with Crippen molar-refractivity contribution in [1.82, 2.24) is 30.0 Å². The van der Waals surface area contributed by atoms with Crippen molar-refractivity contribution in [3.63, 3.8) is 0 Å². The Kier molecular flexibility index (Phi) is 7.09. The van der Waals surface area contributed by atoms with Gasteiger partial charge in [-0.15, -0.1) is 5.10 Å². The normalized spacial score (nSPS) is 19.6. The van der Waals surface area contributed by atoms with E-state index in [1.807, 2.05) is 16.8 Å². The quantitative estimate of drug-likeness (QED) is 0.626. The second-order valence-corrected chi connectivity index (χ2v) is 9.99. The molecule has 1 aromatic carbocycles. The molecule has 4 rings (SSSR count). The Morgan fingerprint density at radius 2 is 1.52 bits per heavy atom. The molecule has 1 atom stereocenters. The molecule has 1 saturated heterocycles. The van der Waals surface area contributed by atoms with Crippen molar-refractivity contribution in [1.29, 1.82) is 0 Å². The molecule has 9 nitrogen and oxygen atoms in total. The molecule has 33 heavy (non-hydrogen) atoms. The van der Waals surface area contributed by atoms with Gasteiger partial charge < -0.3 is 14.2 Å². The Labute approximate surface area is 197 Å². The third-order valence-electron chi connectivity index (χ3n) is 6.93.